The average molecular weight is 341 g/mol. The van der Waals surface area contributed by atoms with E-state index >= 15 is 0 Å². The molecular formula is C16H22F3N5. The van der Waals surface area contributed by atoms with Gasteiger partial charge >= 0.3 is 6.18 Å². The van der Waals surface area contributed by atoms with E-state index in [9.17, 15) is 13.2 Å². The molecule has 1 atom stereocenters. The number of piperidine rings is 1. The highest BCUT2D eigenvalue weighted by Crippen LogP contribution is 2.31. The van der Waals surface area contributed by atoms with Crippen molar-refractivity contribution in [1.82, 2.24) is 24.6 Å². The normalized spacial score (nSPS) is 19.8. The second kappa shape index (κ2) is 6.96. The molecule has 0 saturated carbocycles. The monoisotopic (exact) mass is 341 g/mol. The molecule has 8 heteroatoms. The number of hydrogen-bond acceptors (Lipinski definition) is 3. The first-order valence-electron chi connectivity index (χ1n) is 8.32. The molecule has 1 N–H and O–H groups in total. The first kappa shape index (κ1) is 17.0. The van der Waals surface area contributed by atoms with Crippen molar-refractivity contribution in [2.75, 3.05) is 19.6 Å². The summed E-state index contributed by atoms with van der Waals surface area (Å²) in [5.41, 5.74) is 0.429. The van der Waals surface area contributed by atoms with Gasteiger partial charge < -0.3 is 9.88 Å². The lowest BCUT2D eigenvalue weighted by Gasteiger charge is -2.31. The van der Waals surface area contributed by atoms with Gasteiger partial charge in [0.15, 0.2) is 0 Å². The minimum absolute atomic E-state index is 0.0333. The zero-order chi connectivity index (χ0) is 17.2. The molecule has 0 unspecified atom stereocenters. The van der Waals surface area contributed by atoms with Crippen molar-refractivity contribution in [1.29, 1.82) is 0 Å². The van der Waals surface area contributed by atoms with Crippen LogP contribution in [-0.2, 0) is 19.1 Å². The Morgan fingerprint density at radius 2 is 2.21 bits per heavy atom. The molecule has 1 fully saturated rings. The van der Waals surface area contributed by atoms with E-state index in [1.807, 2.05) is 10.7 Å². The van der Waals surface area contributed by atoms with Gasteiger partial charge in [0, 0.05) is 43.9 Å². The van der Waals surface area contributed by atoms with Crippen LogP contribution in [0.25, 0.3) is 0 Å². The van der Waals surface area contributed by atoms with E-state index in [1.165, 1.54) is 5.69 Å². The van der Waals surface area contributed by atoms with Crippen molar-refractivity contribution in [2.45, 2.75) is 44.8 Å². The highest BCUT2D eigenvalue weighted by atomic mass is 19.4. The second-order valence-corrected chi connectivity index (χ2v) is 6.21. The van der Waals surface area contributed by atoms with Crippen molar-refractivity contribution >= 4 is 0 Å². The number of likely N-dealkylation sites (tertiary alicyclic amines) is 1. The van der Waals surface area contributed by atoms with Crippen LogP contribution in [0.15, 0.2) is 18.5 Å². The number of imidazole rings is 1. The number of hydrogen-bond donors (Lipinski definition) is 1. The molecule has 1 aliphatic rings. The number of aromatic nitrogens is 4. The van der Waals surface area contributed by atoms with Gasteiger partial charge in [-0.15, -0.1) is 0 Å². The predicted molar refractivity (Wildman–Crippen MR) is 83.6 cm³/mol. The Morgan fingerprint density at radius 1 is 1.38 bits per heavy atom. The molecule has 2 aromatic rings. The number of nitrogens with zero attached hydrogens (tertiary/aromatic N) is 4. The summed E-state index contributed by atoms with van der Waals surface area (Å²) in [6.45, 7) is 5.50. The molecule has 0 spiro atoms. The van der Waals surface area contributed by atoms with E-state index in [4.69, 9.17) is 0 Å². The lowest BCUT2D eigenvalue weighted by molar-refractivity contribution is -0.141. The maximum absolute atomic E-state index is 12.7. The Morgan fingerprint density at radius 3 is 2.92 bits per heavy atom. The smallest absolute Gasteiger partial charge is 0.338 e. The van der Waals surface area contributed by atoms with Gasteiger partial charge in [-0.25, -0.2) is 4.98 Å². The van der Waals surface area contributed by atoms with Crippen LogP contribution in [0.2, 0.25) is 0 Å². The van der Waals surface area contributed by atoms with E-state index in [1.54, 1.807) is 6.20 Å². The number of nitrogens with one attached hydrogen (secondary N) is 1. The molecule has 0 bridgehead atoms. The van der Waals surface area contributed by atoms with E-state index in [0.717, 1.165) is 51.6 Å². The van der Waals surface area contributed by atoms with Gasteiger partial charge in [0.25, 0.3) is 0 Å². The van der Waals surface area contributed by atoms with Gasteiger partial charge in [0.05, 0.1) is 6.20 Å². The van der Waals surface area contributed by atoms with Crippen molar-refractivity contribution in [3.63, 3.8) is 0 Å². The van der Waals surface area contributed by atoms with Gasteiger partial charge in [-0.05, 0) is 32.4 Å². The molecule has 3 heterocycles. The van der Waals surface area contributed by atoms with Crippen LogP contribution in [0.3, 0.4) is 0 Å². The van der Waals surface area contributed by atoms with Crippen LogP contribution in [-0.4, -0.2) is 44.3 Å². The van der Waals surface area contributed by atoms with Gasteiger partial charge in [0.2, 0.25) is 0 Å². The number of rotatable bonds is 5. The average Bonchev–Trinajstić information content (AvgIpc) is 3.21. The highest BCUT2D eigenvalue weighted by Gasteiger charge is 2.34. The second-order valence-electron chi connectivity index (χ2n) is 6.21. The fourth-order valence-corrected chi connectivity index (χ4v) is 3.30. The fourth-order valence-electron chi connectivity index (χ4n) is 3.30. The number of aromatic amines is 1. The van der Waals surface area contributed by atoms with E-state index < -0.39 is 11.9 Å². The van der Waals surface area contributed by atoms with Crippen LogP contribution in [0.5, 0.6) is 0 Å². The molecule has 2 aromatic heterocycles. The summed E-state index contributed by atoms with van der Waals surface area (Å²) in [5, 5.41) is 4.26. The van der Waals surface area contributed by atoms with Gasteiger partial charge in [-0.2, -0.15) is 18.3 Å². The third-order valence-electron chi connectivity index (χ3n) is 4.58. The highest BCUT2D eigenvalue weighted by molar-refractivity contribution is 5.10. The molecule has 24 heavy (non-hydrogen) atoms. The molecule has 0 radical (unpaired) electrons. The molecule has 1 saturated heterocycles. The summed E-state index contributed by atoms with van der Waals surface area (Å²) in [6, 6.07) is 2.02. The van der Waals surface area contributed by atoms with Gasteiger partial charge in [-0.1, -0.05) is 0 Å². The largest absolute Gasteiger partial charge is 0.432 e. The van der Waals surface area contributed by atoms with Crippen LogP contribution in [0.4, 0.5) is 13.2 Å². The molecule has 132 valence electrons. The van der Waals surface area contributed by atoms with Crippen LogP contribution in [0, 0.1) is 0 Å². The van der Waals surface area contributed by atoms with Crippen molar-refractivity contribution in [3.05, 3.63) is 35.7 Å². The Hall–Kier alpha value is -1.83. The lowest BCUT2D eigenvalue weighted by Crippen LogP contribution is -2.36. The summed E-state index contributed by atoms with van der Waals surface area (Å²) in [5.74, 6) is 0.483. The van der Waals surface area contributed by atoms with E-state index in [2.05, 4.69) is 26.9 Å². The maximum atomic E-state index is 12.7. The molecule has 0 aliphatic carbocycles. The van der Waals surface area contributed by atoms with Gasteiger partial charge in [0.1, 0.15) is 11.5 Å². The molecule has 0 aromatic carbocycles. The maximum Gasteiger partial charge on any atom is 0.432 e. The molecule has 0 amide bonds. The van der Waals surface area contributed by atoms with Crippen LogP contribution < -0.4 is 0 Å². The zero-order valence-electron chi connectivity index (χ0n) is 13.7. The number of halogens is 3. The van der Waals surface area contributed by atoms with Crippen molar-refractivity contribution < 1.29 is 13.2 Å². The third kappa shape index (κ3) is 3.80. The lowest BCUT2D eigenvalue weighted by atomic mass is 9.97. The van der Waals surface area contributed by atoms with E-state index in [0.29, 0.717) is 5.82 Å². The molecule has 3 rings (SSSR count). The van der Waals surface area contributed by atoms with Crippen molar-refractivity contribution in [3.8, 4) is 0 Å². The third-order valence-corrected chi connectivity index (χ3v) is 4.58. The van der Waals surface area contributed by atoms with E-state index in [-0.39, 0.29) is 5.92 Å². The summed E-state index contributed by atoms with van der Waals surface area (Å²) in [4.78, 5) is 8.72. The number of H-pyrrole nitrogens is 1. The van der Waals surface area contributed by atoms with Gasteiger partial charge in [-0.3, -0.25) is 4.68 Å². The SMILES string of the molecule is CCn1nccc1CCN1CCC[C@H](c2ncc(C(F)(F)F)[nH]2)C1. The summed E-state index contributed by atoms with van der Waals surface area (Å²) < 4.78 is 40.1. The van der Waals surface area contributed by atoms with Crippen LogP contribution in [0.1, 0.15) is 42.9 Å². The first-order chi connectivity index (χ1) is 11.5. The summed E-state index contributed by atoms with van der Waals surface area (Å²) >= 11 is 0. The Labute approximate surface area is 138 Å². The number of alkyl halides is 3. The summed E-state index contributed by atoms with van der Waals surface area (Å²) in [6.07, 6.45) is 1.08. The van der Waals surface area contributed by atoms with Crippen molar-refractivity contribution in [2.24, 2.45) is 0 Å². The number of aryl methyl sites for hydroxylation is 1. The van der Waals surface area contributed by atoms with Crippen LogP contribution >= 0.6 is 0 Å². The Balaban J connectivity index is 1.59. The Kier molecular flexibility index (Phi) is 4.93. The zero-order valence-corrected chi connectivity index (χ0v) is 13.7. The molecule has 5 nitrogen and oxygen atoms in total. The standard InChI is InChI=1S/C16H22F3N5/c1-2-24-13(5-7-21-24)6-9-23-8-3-4-12(11-23)15-20-10-14(22-15)16(17,18)19/h5,7,10,12H,2-4,6,8-9,11H2,1H3,(H,20,22)/t12-/m0/s1. The topological polar surface area (TPSA) is 49.7 Å². The Bertz CT molecular complexity index is 661. The predicted octanol–water partition coefficient (Wildman–Crippen LogP) is 3.07. The minimum Gasteiger partial charge on any atom is -0.338 e. The summed E-state index contributed by atoms with van der Waals surface area (Å²) in [7, 11) is 0. The quantitative estimate of drug-likeness (QED) is 0.909. The molecular weight excluding hydrogens is 319 g/mol. The molecule has 1 aliphatic heterocycles. The minimum atomic E-state index is -4.36. The first-order valence-corrected chi connectivity index (χ1v) is 8.32. The fraction of sp³-hybridized carbons (Fsp3) is 0.625.